The van der Waals surface area contributed by atoms with Gasteiger partial charge in [0.1, 0.15) is 5.54 Å². The Morgan fingerprint density at radius 3 is 2.55 bits per heavy atom. The number of amides is 1. The predicted molar refractivity (Wildman–Crippen MR) is 83.5 cm³/mol. The largest absolute Gasteiger partial charge is 0.368 e. The van der Waals surface area contributed by atoms with Crippen LogP contribution in [-0.2, 0) is 17.8 Å². The Morgan fingerprint density at radius 2 is 2.00 bits per heavy atom. The molecule has 3 nitrogen and oxygen atoms in total. The van der Waals surface area contributed by atoms with Gasteiger partial charge in [-0.1, -0.05) is 43.3 Å². The highest BCUT2D eigenvalue weighted by atomic mass is 32.1. The van der Waals surface area contributed by atoms with Gasteiger partial charge in [-0.25, -0.2) is 0 Å². The average molecular weight is 288 g/mol. The summed E-state index contributed by atoms with van der Waals surface area (Å²) >= 11 is 1.68. The van der Waals surface area contributed by atoms with Gasteiger partial charge in [-0.2, -0.15) is 0 Å². The fourth-order valence-electron chi connectivity index (χ4n) is 2.27. The molecule has 4 heteroatoms. The minimum absolute atomic E-state index is 0.291. The lowest BCUT2D eigenvalue weighted by Crippen LogP contribution is -2.56. The molecule has 1 unspecified atom stereocenters. The minimum atomic E-state index is -0.689. The van der Waals surface area contributed by atoms with Crippen LogP contribution in [0.2, 0.25) is 0 Å². The summed E-state index contributed by atoms with van der Waals surface area (Å²) in [6.45, 7) is 2.66. The van der Waals surface area contributed by atoms with Crippen molar-refractivity contribution in [2.24, 2.45) is 5.73 Å². The molecule has 0 saturated heterocycles. The average Bonchev–Trinajstić information content (AvgIpc) is 2.97. The second-order valence-corrected chi connectivity index (χ2v) is 5.93. The van der Waals surface area contributed by atoms with Gasteiger partial charge in [0, 0.05) is 11.4 Å². The Kier molecular flexibility index (Phi) is 4.93. The summed E-state index contributed by atoms with van der Waals surface area (Å²) in [4.78, 5) is 13.2. The van der Waals surface area contributed by atoms with E-state index in [0.717, 1.165) is 5.56 Å². The smallest absolute Gasteiger partial charge is 0.238 e. The zero-order chi connectivity index (χ0) is 14.4. The molecule has 3 N–H and O–H groups in total. The first-order valence-corrected chi connectivity index (χ1v) is 7.65. The lowest BCUT2D eigenvalue weighted by Gasteiger charge is -2.31. The number of primary amides is 1. The molecule has 0 bridgehead atoms. The van der Waals surface area contributed by atoms with Gasteiger partial charge in [-0.3, -0.25) is 10.1 Å². The van der Waals surface area contributed by atoms with E-state index in [4.69, 9.17) is 5.73 Å². The van der Waals surface area contributed by atoms with E-state index in [1.54, 1.807) is 11.3 Å². The van der Waals surface area contributed by atoms with Gasteiger partial charge in [0.15, 0.2) is 0 Å². The standard InChI is InChI=1S/C16H20N2OS/c1-2-16(15(17)19,11-13-7-4-3-5-8-13)18-12-14-9-6-10-20-14/h3-10,18H,2,11-12H2,1H3,(H2,17,19). The number of hydrogen-bond donors (Lipinski definition) is 2. The summed E-state index contributed by atoms with van der Waals surface area (Å²) < 4.78 is 0. The molecule has 0 aliphatic rings. The van der Waals surface area contributed by atoms with Crippen molar-refractivity contribution in [2.75, 3.05) is 0 Å². The number of benzene rings is 1. The number of carbonyl (C=O) groups excluding carboxylic acids is 1. The fourth-order valence-corrected chi connectivity index (χ4v) is 2.92. The monoisotopic (exact) mass is 288 g/mol. The molecule has 106 valence electrons. The number of nitrogens with two attached hydrogens (primary N) is 1. The third-order valence-corrected chi connectivity index (χ3v) is 4.48. The first kappa shape index (κ1) is 14.8. The van der Waals surface area contributed by atoms with Crippen LogP contribution < -0.4 is 11.1 Å². The molecular weight excluding hydrogens is 268 g/mol. The molecule has 0 aliphatic heterocycles. The molecule has 0 spiro atoms. The quantitative estimate of drug-likeness (QED) is 0.823. The molecule has 20 heavy (non-hydrogen) atoms. The minimum Gasteiger partial charge on any atom is -0.368 e. The summed E-state index contributed by atoms with van der Waals surface area (Å²) in [5.41, 5.74) is 6.10. The van der Waals surface area contributed by atoms with E-state index in [1.165, 1.54) is 4.88 Å². The molecule has 0 aliphatic carbocycles. The van der Waals surface area contributed by atoms with Crippen molar-refractivity contribution in [3.8, 4) is 0 Å². The van der Waals surface area contributed by atoms with Gasteiger partial charge in [0.05, 0.1) is 0 Å². The summed E-state index contributed by atoms with van der Waals surface area (Å²) in [5.74, 6) is -0.291. The Bertz CT molecular complexity index is 539. The van der Waals surface area contributed by atoms with Crippen molar-refractivity contribution in [1.29, 1.82) is 0 Å². The second-order valence-electron chi connectivity index (χ2n) is 4.90. The first-order chi connectivity index (χ1) is 9.66. The van der Waals surface area contributed by atoms with Crippen molar-refractivity contribution in [1.82, 2.24) is 5.32 Å². The lowest BCUT2D eigenvalue weighted by atomic mass is 9.87. The van der Waals surface area contributed by atoms with E-state index >= 15 is 0 Å². The van der Waals surface area contributed by atoms with Crippen LogP contribution >= 0.6 is 11.3 Å². The maximum absolute atomic E-state index is 12.0. The summed E-state index contributed by atoms with van der Waals surface area (Å²) in [6, 6.07) is 14.1. The van der Waals surface area contributed by atoms with Crippen molar-refractivity contribution in [3.05, 3.63) is 58.3 Å². The van der Waals surface area contributed by atoms with Gasteiger partial charge < -0.3 is 5.73 Å². The van der Waals surface area contributed by atoms with Crippen LogP contribution in [0.5, 0.6) is 0 Å². The normalized spacial score (nSPS) is 13.8. The van der Waals surface area contributed by atoms with Crippen LogP contribution in [0.4, 0.5) is 0 Å². The van der Waals surface area contributed by atoms with E-state index in [9.17, 15) is 4.79 Å². The zero-order valence-corrected chi connectivity index (χ0v) is 12.5. The third kappa shape index (κ3) is 3.46. The molecule has 1 heterocycles. The predicted octanol–water partition coefficient (Wildman–Crippen LogP) is 2.71. The highest BCUT2D eigenvalue weighted by Crippen LogP contribution is 2.19. The Hall–Kier alpha value is -1.65. The van der Waals surface area contributed by atoms with Crippen molar-refractivity contribution in [3.63, 3.8) is 0 Å². The van der Waals surface area contributed by atoms with Crippen LogP contribution in [0.1, 0.15) is 23.8 Å². The SMILES string of the molecule is CCC(Cc1ccccc1)(NCc1cccs1)C(N)=O. The maximum atomic E-state index is 12.0. The Morgan fingerprint density at radius 1 is 1.25 bits per heavy atom. The van der Waals surface area contributed by atoms with Gasteiger partial charge >= 0.3 is 0 Å². The Labute approximate surface area is 123 Å². The summed E-state index contributed by atoms with van der Waals surface area (Å²) in [7, 11) is 0. The molecule has 0 saturated carbocycles. The zero-order valence-electron chi connectivity index (χ0n) is 11.6. The molecule has 0 fully saturated rings. The molecule has 2 rings (SSSR count). The first-order valence-electron chi connectivity index (χ1n) is 6.77. The van der Waals surface area contributed by atoms with Crippen LogP contribution in [0, 0.1) is 0 Å². The van der Waals surface area contributed by atoms with Crippen LogP contribution in [0.3, 0.4) is 0 Å². The maximum Gasteiger partial charge on any atom is 0.238 e. The van der Waals surface area contributed by atoms with E-state index < -0.39 is 5.54 Å². The molecule has 0 radical (unpaired) electrons. The highest BCUT2D eigenvalue weighted by Gasteiger charge is 2.34. The molecule has 1 aromatic heterocycles. The van der Waals surface area contributed by atoms with E-state index in [2.05, 4.69) is 11.4 Å². The topological polar surface area (TPSA) is 55.1 Å². The number of carbonyl (C=O) groups is 1. The Balaban J connectivity index is 2.14. The molecule has 1 aromatic carbocycles. The molecule has 2 aromatic rings. The third-order valence-electron chi connectivity index (χ3n) is 3.61. The van der Waals surface area contributed by atoms with Gasteiger partial charge in [0.2, 0.25) is 5.91 Å². The molecule has 1 amide bonds. The molecule has 1 atom stereocenters. The van der Waals surface area contributed by atoms with Gasteiger partial charge in [-0.15, -0.1) is 11.3 Å². The summed E-state index contributed by atoms with van der Waals surface area (Å²) in [5, 5.41) is 5.40. The lowest BCUT2D eigenvalue weighted by molar-refractivity contribution is -0.124. The fraction of sp³-hybridized carbons (Fsp3) is 0.312. The van der Waals surface area contributed by atoms with Gasteiger partial charge in [-0.05, 0) is 29.9 Å². The number of thiophene rings is 1. The second kappa shape index (κ2) is 6.68. The van der Waals surface area contributed by atoms with E-state index in [-0.39, 0.29) is 5.91 Å². The van der Waals surface area contributed by atoms with Crippen LogP contribution in [0.15, 0.2) is 47.8 Å². The van der Waals surface area contributed by atoms with Crippen molar-refractivity contribution >= 4 is 17.2 Å². The molecular formula is C16H20N2OS. The van der Waals surface area contributed by atoms with Crippen molar-refractivity contribution in [2.45, 2.75) is 31.8 Å². The number of nitrogens with one attached hydrogen (secondary N) is 1. The van der Waals surface area contributed by atoms with Crippen LogP contribution in [0.25, 0.3) is 0 Å². The summed E-state index contributed by atoms with van der Waals surface area (Å²) in [6.07, 6.45) is 1.29. The van der Waals surface area contributed by atoms with Crippen molar-refractivity contribution < 1.29 is 4.79 Å². The van der Waals surface area contributed by atoms with Gasteiger partial charge in [0.25, 0.3) is 0 Å². The highest BCUT2D eigenvalue weighted by molar-refractivity contribution is 7.09. The van der Waals surface area contributed by atoms with E-state index in [1.807, 2.05) is 48.7 Å². The van der Waals surface area contributed by atoms with E-state index in [0.29, 0.717) is 19.4 Å². The number of hydrogen-bond acceptors (Lipinski definition) is 3. The number of rotatable bonds is 7. The van der Waals surface area contributed by atoms with Crippen LogP contribution in [-0.4, -0.2) is 11.4 Å².